The summed E-state index contributed by atoms with van der Waals surface area (Å²) in [7, 11) is -3.88. The largest absolute Gasteiger partial charge is 0.285 e. The number of hydrogen-bond acceptors (Lipinski definition) is 2. The molecule has 0 bridgehead atoms. The van der Waals surface area contributed by atoms with Gasteiger partial charge in [0.1, 0.15) is 0 Å². The molecule has 0 fully saturated rings. The minimum Gasteiger partial charge on any atom is -0.285 e. The molecular weight excluding hydrogens is 200 g/mol. The molecule has 1 N–H and O–H groups in total. The van der Waals surface area contributed by atoms with Crippen molar-refractivity contribution < 1.29 is 13.0 Å². The second-order valence-electron chi connectivity index (χ2n) is 4.40. The van der Waals surface area contributed by atoms with Gasteiger partial charge in [-0.05, 0) is 24.7 Å². The Kier molecular flexibility index (Phi) is 3.37. The summed E-state index contributed by atoms with van der Waals surface area (Å²) >= 11 is 0. The van der Waals surface area contributed by atoms with Crippen molar-refractivity contribution in [3.8, 4) is 0 Å². The summed E-state index contributed by atoms with van der Waals surface area (Å²) in [5.41, 5.74) is 1.14. The van der Waals surface area contributed by atoms with Gasteiger partial charge in [-0.25, -0.2) is 0 Å². The fraction of sp³-hybridized carbons (Fsp3) is 0.800. The van der Waals surface area contributed by atoms with E-state index in [2.05, 4.69) is 6.08 Å². The standard InChI is InChI=1S/C10H18O3S/c1-7(2)9-5-4-8(3)10(6-9)14(11,12)13/h5,7-8,10H,4,6H2,1-3H3,(H,11,12,13). The Bertz CT molecular complexity index is 327. The van der Waals surface area contributed by atoms with Crippen LogP contribution in [-0.4, -0.2) is 18.2 Å². The van der Waals surface area contributed by atoms with Crippen LogP contribution in [0.2, 0.25) is 0 Å². The molecule has 0 heterocycles. The topological polar surface area (TPSA) is 54.4 Å². The molecule has 0 radical (unpaired) electrons. The maximum atomic E-state index is 11.1. The van der Waals surface area contributed by atoms with Gasteiger partial charge in [-0.2, -0.15) is 8.42 Å². The minimum atomic E-state index is -3.88. The molecule has 4 heteroatoms. The van der Waals surface area contributed by atoms with Crippen molar-refractivity contribution in [1.29, 1.82) is 0 Å². The van der Waals surface area contributed by atoms with Crippen molar-refractivity contribution in [1.82, 2.24) is 0 Å². The first-order valence-corrected chi connectivity index (χ1v) is 6.48. The highest BCUT2D eigenvalue weighted by Crippen LogP contribution is 2.31. The van der Waals surface area contributed by atoms with E-state index in [0.717, 1.165) is 12.0 Å². The van der Waals surface area contributed by atoms with Gasteiger partial charge in [-0.15, -0.1) is 0 Å². The Morgan fingerprint density at radius 2 is 2.07 bits per heavy atom. The highest BCUT2D eigenvalue weighted by Gasteiger charge is 2.32. The van der Waals surface area contributed by atoms with Gasteiger partial charge < -0.3 is 0 Å². The third kappa shape index (κ3) is 2.58. The molecule has 14 heavy (non-hydrogen) atoms. The van der Waals surface area contributed by atoms with Crippen molar-refractivity contribution in [2.75, 3.05) is 0 Å². The molecule has 0 aromatic carbocycles. The van der Waals surface area contributed by atoms with Crippen LogP contribution in [0.4, 0.5) is 0 Å². The lowest BCUT2D eigenvalue weighted by molar-refractivity contribution is 0.415. The lowest BCUT2D eigenvalue weighted by Gasteiger charge is -2.28. The van der Waals surface area contributed by atoms with Crippen LogP contribution in [0, 0.1) is 11.8 Å². The van der Waals surface area contributed by atoms with E-state index in [4.69, 9.17) is 4.55 Å². The molecule has 0 aliphatic heterocycles. The zero-order chi connectivity index (χ0) is 10.9. The SMILES string of the molecule is CC(C)C1=CCC(C)C(S(=O)(=O)O)C1. The van der Waals surface area contributed by atoms with Crippen molar-refractivity contribution in [3.63, 3.8) is 0 Å². The minimum absolute atomic E-state index is 0.0208. The van der Waals surface area contributed by atoms with Gasteiger partial charge in [0.15, 0.2) is 0 Å². The molecule has 2 unspecified atom stereocenters. The van der Waals surface area contributed by atoms with Gasteiger partial charge in [-0.1, -0.05) is 32.4 Å². The maximum absolute atomic E-state index is 11.1. The van der Waals surface area contributed by atoms with Gasteiger partial charge in [0.05, 0.1) is 5.25 Å². The first kappa shape index (κ1) is 11.7. The van der Waals surface area contributed by atoms with Crippen LogP contribution in [0.15, 0.2) is 11.6 Å². The zero-order valence-electron chi connectivity index (χ0n) is 8.90. The van der Waals surface area contributed by atoms with Gasteiger partial charge in [-0.3, -0.25) is 4.55 Å². The lowest BCUT2D eigenvalue weighted by atomic mass is 9.86. The van der Waals surface area contributed by atoms with Crippen molar-refractivity contribution >= 4 is 10.1 Å². The van der Waals surface area contributed by atoms with E-state index in [1.165, 1.54) is 0 Å². The second-order valence-corrected chi connectivity index (χ2v) is 6.04. The van der Waals surface area contributed by atoms with Gasteiger partial charge >= 0.3 is 0 Å². The predicted octanol–water partition coefficient (Wildman–Crippen LogP) is 2.26. The van der Waals surface area contributed by atoms with Crippen molar-refractivity contribution in [2.45, 2.75) is 38.9 Å². The molecule has 1 rings (SSSR count). The molecule has 1 aliphatic carbocycles. The second kappa shape index (κ2) is 4.03. The molecule has 82 valence electrons. The van der Waals surface area contributed by atoms with E-state index < -0.39 is 15.4 Å². The van der Waals surface area contributed by atoms with E-state index in [0.29, 0.717) is 12.3 Å². The smallest absolute Gasteiger partial charge is 0.268 e. The average Bonchev–Trinajstić information content (AvgIpc) is 2.02. The van der Waals surface area contributed by atoms with E-state index in [1.54, 1.807) is 0 Å². The summed E-state index contributed by atoms with van der Waals surface area (Å²) in [4.78, 5) is 0. The van der Waals surface area contributed by atoms with E-state index >= 15 is 0 Å². The van der Waals surface area contributed by atoms with E-state index in [9.17, 15) is 8.42 Å². The van der Waals surface area contributed by atoms with E-state index in [-0.39, 0.29) is 5.92 Å². The molecule has 1 aliphatic rings. The molecule has 0 saturated heterocycles. The molecule has 0 amide bonds. The van der Waals surface area contributed by atoms with Gasteiger partial charge in [0.25, 0.3) is 10.1 Å². The van der Waals surface area contributed by atoms with Crippen LogP contribution in [0.1, 0.15) is 33.6 Å². The first-order valence-electron chi connectivity index (χ1n) is 4.97. The molecule has 0 aromatic heterocycles. The third-order valence-electron chi connectivity index (χ3n) is 2.95. The summed E-state index contributed by atoms with van der Waals surface area (Å²) in [5.74, 6) is 0.388. The van der Waals surface area contributed by atoms with Crippen LogP contribution in [-0.2, 0) is 10.1 Å². The number of allylic oxidation sites excluding steroid dienone is 2. The van der Waals surface area contributed by atoms with Crippen LogP contribution in [0.25, 0.3) is 0 Å². The Hall–Kier alpha value is -0.350. The van der Waals surface area contributed by atoms with Gasteiger partial charge in [0.2, 0.25) is 0 Å². The lowest BCUT2D eigenvalue weighted by Crippen LogP contribution is -2.31. The fourth-order valence-electron chi connectivity index (χ4n) is 1.88. The Morgan fingerprint density at radius 3 is 2.50 bits per heavy atom. The fourth-order valence-corrected chi connectivity index (χ4v) is 2.98. The Morgan fingerprint density at radius 1 is 1.50 bits per heavy atom. The highest BCUT2D eigenvalue weighted by atomic mass is 32.2. The summed E-state index contributed by atoms with van der Waals surface area (Å²) < 4.78 is 31.2. The van der Waals surface area contributed by atoms with Gasteiger partial charge in [0, 0.05) is 0 Å². The molecule has 3 nitrogen and oxygen atoms in total. The first-order chi connectivity index (χ1) is 6.32. The van der Waals surface area contributed by atoms with Crippen LogP contribution < -0.4 is 0 Å². The van der Waals surface area contributed by atoms with Crippen molar-refractivity contribution in [2.24, 2.45) is 11.8 Å². The average molecular weight is 218 g/mol. The monoisotopic (exact) mass is 218 g/mol. The summed E-state index contributed by atoms with van der Waals surface area (Å²) in [6, 6.07) is 0. The Labute approximate surface area is 86.0 Å². The van der Waals surface area contributed by atoms with Crippen LogP contribution in [0.5, 0.6) is 0 Å². The number of rotatable bonds is 2. The molecule has 2 atom stereocenters. The Balaban J connectivity index is 2.88. The molecular formula is C10H18O3S. The summed E-state index contributed by atoms with van der Waals surface area (Å²) in [5, 5.41) is -0.607. The van der Waals surface area contributed by atoms with Crippen LogP contribution >= 0.6 is 0 Å². The third-order valence-corrected chi connectivity index (χ3v) is 4.34. The zero-order valence-corrected chi connectivity index (χ0v) is 9.71. The summed E-state index contributed by atoms with van der Waals surface area (Å²) in [6.07, 6.45) is 3.34. The van der Waals surface area contributed by atoms with E-state index in [1.807, 2.05) is 20.8 Å². The molecule has 0 aromatic rings. The molecule has 0 saturated carbocycles. The quantitative estimate of drug-likeness (QED) is 0.571. The summed E-state index contributed by atoms with van der Waals surface area (Å²) in [6.45, 7) is 5.96. The number of hydrogen-bond donors (Lipinski definition) is 1. The highest BCUT2D eigenvalue weighted by molar-refractivity contribution is 7.86. The van der Waals surface area contributed by atoms with Crippen molar-refractivity contribution in [3.05, 3.63) is 11.6 Å². The maximum Gasteiger partial charge on any atom is 0.268 e. The van der Waals surface area contributed by atoms with Crippen LogP contribution in [0.3, 0.4) is 0 Å². The molecule has 0 spiro atoms. The predicted molar refractivity (Wildman–Crippen MR) is 56.7 cm³/mol. The normalized spacial score (nSPS) is 29.1.